The lowest BCUT2D eigenvalue weighted by atomic mass is 10.00. The SMILES string of the molecule is CN=C1NC(=O)C2(CCN(C3CC3)C2)N1. The average Bonchev–Trinajstić information content (AvgIpc) is 2.93. The largest absolute Gasteiger partial charge is 0.341 e. The van der Waals surface area contributed by atoms with Crippen molar-refractivity contribution in [3.8, 4) is 0 Å². The van der Waals surface area contributed by atoms with Crippen LogP contribution in [0, 0.1) is 0 Å². The second-order valence-electron chi connectivity index (χ2n) is 4.69. The van der Waals surface area contributed by atoms with Gasteiger partial charge in [0.25, 0.3) is 5.91 Å². The zero-order valence-corrected chi connectivity index (χ0v) is 8.92. The van der Waals surface area contributed by atoms with Gasteiger partial charge in [-0.3, -0.25) is 20.0 Å². The van der Waals surface area contributed by atoms with Gasteiger partial charge in [0.1, 0.15) is 5.54 Å². The highest BCUT2D eigenvalue weighted by atomic mass is 16.2. The fraction of sp³-hybridized carbons (Fsp3) is 0.800. The Kier molecular flexibility index (Phi) is 1.80. The molecule has 0 radical (unpaired) electrons. The van der Waals surface area contributed by atoms with Crippen LogP contribution in [-0.2, 0) is 4.79 Å². The molecule has 1 saturated carbocycles. The van der Waals surface area contributed by atoms with E-state index in [1.54, 1.807) is 7.05 Å². The summed E-state index contributed by atoms with van der Waals surface area (Å²) in [5, 5.41) is 6.02. The normalized spacial score (nSPS) is 38.7. The maximum absolute atomic E-state index is 11.9. The molecular formula is C10H16N4O. The van der Waals surface area contributed by atoms with Crippen molar-refractivity contribution in [3.05, 3.63) is 0 Å². The summed E-state index contributed by atoms with van der Waals surface area (Å²) < 4.78 is 0. The van der Waals surface area contributed by atoms with Gasteiger partial charge in [0.15, 0.2) is 5.96 Å². The van der Waals surface area contributed by atoms with Gasteiger partial charge >= 0.3 is 0 Å². The molecule has 5 heteroatoms. The molecule has 1 amide bonds. The Hall–Kier alpha value is -1.10. The summed E-state index contributed by atoms with van der Waals surface area (Å²) in [6.07, 6.45) is 3.49. The molecule has 2 saturated heterocycles. The van der Waals surface area contributed by atoms with Crippen LogP contribution < -0.4 is 10.6 Å². The molecule has 15 heavy (non-hydrogen) atoms. The molecule has 3 rings (SSSR count). The van der Waals surface area contributed by atoms with Gasteiger partial charge in [-0.15, -0.1) is 0 Å². The zero-order valence-electron chi connectivity index (χ0n) is 8.92. The van der Waals surface area contributed by atoms with Crippen LogP contribution in [0.5, 0.6) is 0 Å². The molecule has 0 aromatic carbocycles. The van der Waals surface area contributed by atoms with Crippen molar-refractivity contribution in [2.45, 2.75) is 30.8 Å². The molecule has 2 heterocycles. The highest BCUT2D eigenvalue weighted by molar-refractivity contribution is 6.09. The number of hydrogen-bond acceptors (Lipinski definition) is 3. The number of carbonyl (C=O) groups is 1. The summed E-state index contributed by atoms with van der Waals surface area (Å²) in [5.41, 5.74) is -0.391. The van der Waals surface area contributed by atoms with Crippen LogP contribution in [0.15, 0.2) is 4.99 Å². The molecule has 1 aliphatic carbocycles. The molecular weight excluding hydrogens is 192 g/mol. The number of aliphatic imine (C=N–C) groups is 1. The minimum absolute atomic E-state index is 0.0891. The van der Waals surface area contributed by atoms with Gasteiger partial charge in [0.05, 0.1) is 0 Å². The quantitative estimate of drug-likeness (QED) is 0.599. The molecule has 5 nitrogen and oxygen atoms in total. The maximum Gasteiger partial charge on any atom is 0.253 e. The van der Waals surface area contributed by atoms with E-state index in [0.29, 0.717) is 5.96 Å². The lowest BCUT2D eigenvalue weighted by molar-refractivity contribution is -0.123. The van der Waals surface area contributed by atoms with Crippen LogP contribution in [0.3, 0.4) is 0 Å². The van der Waals surface area contributed by atoms with Crippen LogP contribution in [0.4, 0.5) is 0 Å². The van der Waals surface area contributed by atoms with E-state index in [4.69, 9.17) is 0 Å². The van der Waals surface area contributed by atoms with Crippen LogP contribution in [0.2, 0.25) is 0 Å². The van der Waals surface area contributed by atoms with E-state index in [2.05, 4.69) is 20.5 Å². The first-order chi connectivity index (χ1) is 7.23. The highest BCUT2D eigenvalue weighted by Crippen LogP contribution is 2.34. The first kappa shape index (κ1) is 9.15. The number of guanidine groups is 1. The fourth-order valence-electron chi connectivity index (χ4n) is 2.53. The van der Waals surface area contributed by atoms with Crippen molar-refractivity contribution in [1.29, 1.82) is 0 Å². The summed E-state index contributed by atoms with van der Waals surface area (Å²) in [6, 6.07) is 0.738. The predicted molar refractivity (Wildman–Crippen MR) is 56.6 cm³/mol. The van der Waals surface area contributed by atoms with Crippen molar-refractivity contribution in [1.82, 2.24) is 15.5 Å². The van der Waals surface area contributed by atoms with Gasteiger partial charge in [-0.2, -0.15) is 0 Å². The third kappa shape index (κ3) is 1.33. The number of rotatable bonds is 1. The monoisotopic (exact) mass is 208 g/mol. The molecule has 1 unspecified atom stereocenters. The topological polar surface area (TPSA) is 56.7 Å². The minimum Gasteiger partial charge on any atom is -0.341 e. The van der Waals surface area contributed by atoms with E-state index < -0.39 is 5.54 Å². The van der Waals surface area contributed by atoms with Crippen molar-refractivity contribution in [2.24, 2.45) is 4.99 Å². The van der Waals surface area contributed by atoms with Gasteiger partial charge in [-0.1, -0.05) is 0 Å². The number of amides is 1. The number of carbonyl (C=O) groups excluding carboxylic acids is 1. The summed E-state index contributed by atoms with van der Waals surface area (Å²) >= 11 is 0. The van der Waals surface area contributed by atoms with Crippen molar-refractivity contribution >= 4 is 11.9 Å². The molecule has 82 valence electrons. The maximum atomic E-state index is 11.9. The highest BCUT2D eigenvalue weighted by Gasteiger charge is 2.51. The molecule has 0 bridgehead atoms. The number of nitrogens with zero attached hydrogens (tertiary/aromatic N) is 2. The summed E-state index contributed by atoms with van der Waals surface area (Å²) in [4.78, 5) is 18.3. The number of nitrogens with one attached hydrogen (secondary N) is 2. The van der Waals surface area contributed by atoms with Crippen LogP contribution in [-0.4, -0.2) is 48.5 Å². The Morgan fingerprint density at radius 2 is 2.33 bits per heavy atom. The standard InChI is InChI=1S/C10H16N4O/c1-11-9-12-8(15)10(13-9)4-5-14(6-10)7-2-3-7/h7H,2-6H2,1H3,(H2,11,12,13,15). The van der Waals surface area contributed by atoms with Crippen molar-refractivity contribution in [2.75, 3.05) is 20.1 Å². The van der Waals surface area contributed by atoms with Gasteiger partial charge in [0, 0.05) is 26.2 Å². The van der Waals surface area contributed by atoms with E-state index in [9.17, 15) is 4.79 Å². The van der Waals surface area contributed by atoms with E-state index in [0.717, 1.165) is 25.6 Å². The van der Waals surface area contributed by atoms with E-state index in [1.807, 2.05) is 0 Å². The van der Waals surface area contributed by atoms with Crippen molar-refractivity contribution in [3.63, 3.8) is 0 Å². The number of likely N-dealkylation sites (tertiary alicyclic amines) is 1. The lowest BCUT2D eigenvalue weighted by Gasteiger charge is -2.21. The zero-order chi connectivity index (χ0) is 10.5. The molecule has 0 aromatic heterocycles. The average molecular weight is 208 g/mol. The van der Waals surface area contributed by atoms with Crippen LogP contribution >= 0.6 is 0 Å². The Morgan fingerprint density at radius 3 is 2.93 bits per heavy atom. The molecule has 1 spiro atoms. The van der Waals surface area contributed by atoms with E-state index >= 15 is 0 Å². The van der Waals surface area contributed by atoms with Gasteiger partial charge in [0.2, 0.25) is 0 Å². The predicted octanol–water partition coefficient (Wildman–Crippen LogP) is -0.701. The van der Waals surface area contributed by atoms with Gasteiger partial charge in [-0.05, 0) is 19.3 Å². The second-order valence-corrected chi connectivity index (χ2v) is 4.69. The number of hydrogen-bond donors (Lipinski definition) is 2. The van der Waals surface area contributed by atoms with Crippen molar-refractivity contribution < 1.29 is 4.79 Å². The fourth-order valence-corrected chi connectivity index (χ4v) is 2.53. The minimum atomic E-state index is -0.391. The van der Waals surface area contributed by atoms with Gasteiger partial charge < -0.3 is 5.32 Å². The molecule has 3 aliphatic rings. The van der Waals surface area contributed by atoms with Crippen LogP contribution in [0.1, 0.15) is 19.3 Å². The second kappa shape index (κ2) is 2.95. The summed E-state index contributed by atoms with van der Waals surface area (Å²) in [7, 11) is 1.69. The summed E-state index contributed by atoms with van der Waals surface area (Å²) in [6.45, 7) is 1.87. The lowest BCUT2D eigenvalue weighted by Crippen LogP contribution is -2.49. The summed E-state index contributed by atoms with van der Waals surface area (Å²) in [5.74, 6) is 0.712. The Morgan fingerprint density at radius 1 is 1.53 bits per heavy atom. The smallest absolute Gasteiger partial charge is 0.253 e. The van der Waals surface area contributed by atoms with E-state index in [-0.39, 0.29) is 5.91 Å². The molecule has 2 aliphatic heterocycles. The molecule has 3 fully saturated rings. The molecule has 0 aromatic rings. The Labute approximate surface area is 88.9 Å². The van der Waals surface area contributed by atoms with Gasteiger partial charge in [-0.25, -0.2) is 0 Å². The van der Waals surface area contributed by atoms with E-state index in [1.165, 1.54) is 12.8 Å². The van der Waals surface area contributed by atoms with Crippen LogP contribution in [0.25, 0.3) is 0 Å². The Bertz CT molecular complexity index is 336. The molecule has 2 N–H and O–H groups in total. The third-order valence-electron chi connectivity index (χ3n) is 3.61. The Balaban J connectivity index is 1.77. The molecule has 1 atom stereocenters. The first-order valence-electron chi connectivity index (χ1n) is 5.54. The third-order valence-corrected chi connectivity index (χ3v) is 3.61. The first-order valence-corrected chi connectivity index (χ1v) is 5.54.